The number of aromatic nitrogens is 3. The van der Waals surface area contributed by atoms with Crippen molar-refractivity contribution in [2.75, 3.05) is 31.2 Å². The summed E-state index contributed by atoms with van der Waals surface area (Å²) in [6, 6.07) is 10.8. The van der Waals surface area contributed by atoms with Crippen LogP contribution in [0.25, 0.3) is 32.9 Å². The molecule has 10 nitrogen and oxygen atoms in total. The van der Waals surface area contributed by atoms with Gasteiger partial charge in [0.15, 0.2) is 22.5 Å². The molecule has 2 fully saturated rings. The molecule has 54 heavy (non-hydrogen) atoms. The van der Waals surface area contributed by atoms with Gasteiger partial charge in [-0.05, 0) is 60.6 Å². The molecule has 1 unspecified atom stereocenters. The molecular formula is C40H55ClFN5O5Si2. The number of nitrogens with zero attached hydrogens (tertiary/aromatic N) is 5. The first kappa shape index (κ1) is 40.3. The number of rotatable bonds is 11. The van der Waals surface area contributed by atoms with Crippen molar-refractivity contribution in [2.45, 2.75) is 115 Å². The molecule has 6 rings (SSSR count). The van der Waals surface area contributed by atoms with Crippen LogP contribution in [-0.2, 0) is 8.85 Å². The highest BCUT2D eigenvalue weighted by Crippen LogP contribution is 2.41. The Morgan fingerprint density at radius 1 is 0.963 bits per heavy atom. The van der Waals surface area contributed by atoms with Crippen LogP contribution in [0.15, 0.2) is 42.6 Å². The maximum absolute atomic E-state index is 17.1. The molecule has 4 heterocycles. The van der Waals surface area contributed by atoms with Crippen LogP contribution in [0.3, 0.4) is 0 Å². The molecule has 2 aromatic heterocycles. The van der Waals surface area contributed by atoms with E-state index >= 15 is 4.39 Å². The lowest BCUT2D eigenvalue weighted by atomic mass is 10.0. The number of carbonyl (C=O) groups is 1. The quantitative estimate of drug-likeness (QED) is 0.148. The molecule has 0 radical (unpaired) electrons. The number of hydrogen-bond donors (Lipinski definition) is 1. The third-order valence-electron chi connectivity index (χ3n) is 12.2. The van der Waals surface area contributed by atoms with Crippen LogP contribution in [0.5, 0.6) is 6.01 Å². The van der Waals surface area contributed by atoms with Crippen LogP contribution in [0, 0.1) is 5.82 Å². The van der Waals surface area contributed by atoms with Crippen molar-refractivity contribution in [3.05, 3.63) is 53.4 Å². The maximum atomic E-state index is 17.1. The van der Waals surface area contributed by atoms with Crippen LogP contribution in [0.4, 0.5) is 15.0 Å². The first-order valence-corrected chi connectivity index (χ1v) is 25.1. The molecule has 3 atom stereocenters. The van der Waals surface area contributed by atoms with Crippen LogP contribution >= 0.6 is 11.6 Å². The predicted octanol–water partition coefficient (Wildman–Crippen LogP) is 10.1. The molecule has 4 aromatic rings. The van der Waals surface area contributed by atoms with Gasteiger partial charge in [-0.3, -0.25) is 9.88 Å². The van der Waals surface area contributed by atoms with Gasteiger partial charge < -0.3 is 23.6 Å². The predicted molar refractivity (Wildman–Crippen MR) is 219 cm³/mol. The summed E-state index contributed by atoms with van der Waals surface area (Å²) < 4.78 is 37.0. The maximum Gasteiger partial charge on any atom is 0.407 e. The summed E-state index contributed by atoms with van der Waals surface area (Å²) in [5, 5.41) is 12.5. The molecule has 292 valence electrons. The summed E-state index contributed by atoms with van der Waals surface area (Å²) in [6.45, 7) is 23.7. The molecule has 2 saturated heterocycles. The topological polar surface area (TPSA) is 110 Å². The number of ether oxygens (including phenoxy) is 1. The van der Waals surface area contributed by atoms with Crippen LogP contribution in [0.1, 0.15) is 60.8 Å². The molecule has 0 spiro atoms. The lowest BCUT2D eigenvalue weighted by molar-refractivity contribution is 0.0885. The van der Waals surface area contributed by atoms with E-state index in [1.54, 1.807) is 17.2 Å². The molecule has 14 heteroatoms. The van der Waals surface area contributed by atoms with E-state index in [0.717, 1.165) is 18.2 Å². The lowest BCUT2D eigenvalue weighted by Crippen LogP contribution is -2.55. The van der Waals surface area contributed by atoms with E-state index in [0.29, 0.717) is 59.9 Å². The van der Waals surface area contributed by atoms with Gasteiger partial charge in [-0.2, -0.15) is 9.97 Å². The van der Waals surface area contributed by atoms with Crippen molar-refractivity contribution in [1.82, 2.24) is 19.9 Å². The fraction of sp³-hybridized carbons (Fsp3) is 0.550. The first-order chi connectivity index (χ1) is 25.2. The summed E-state index contributed by atoms with van der Waals surface area (Å²) in [4.78, 5) is 30.1. The van der Waals surface area contributed by atoms with Gasteiger partial charge >= 0.3 is 12.1 Å². The van der Waals surface area contributed by atoms with Gasteiger partial charge in [0.05, 0.1) is 24.1 Å². The van der Waals surface area contributed by atoms with Crippen molar-refractivity contribution in [2.24, 2.45) is 0 Å². The zero-order valence-electron chi connectivity index (χ0n) is 33.3. The third-order valence-corrected chi connectivity index (χ3v) is 21.5. The van der Waals surface area contributed by atoms with E-state index in [-0.39, 0.29) is 39.4 Å². The van der Waals surface area contributed by atoms with Crippen molar-refractivity contribution in [3.63, 3.8) is 0 Å². The van der Waals surface area contributed by atoms with Crippen LogP contribution in [0.2, 0.25) is 41.3 Å². The van der Waals surface area contributed by atoms with Gasteiger partial charge in [0, 0.05) is 48.3 Å². The summed E-state index contributed by atoms with van der Waals surface area (Å²) in [5.41, 5.74) is 0.739. The smallest absolute Gasteiger partial charge is 0.407 e. The first-order valence-electron chi connectivity index (χ1n) is 18.9. The van der Waals surface area contributed by atoms with E-state index in [1.807, 2.05) is 35.2 Å². The van der Waals surface area contributed by atoms with Gasteiger partial charge in [-0.25, -0.2) is 9.18 Å². The molecule has 2 bridgehead atoms. The molecule has 2 aliphatic heterocycles. The minimum Gasteiger partial charge on any atom is -0.465 e. The van der Waals surface area contributed by atoms with E-state index in [4.69, 9.17) is 35.2 Å². The second kappa shape index (κ2) is 14.9. The average Bonchev–Trinajstić information content (AvgIpc) is 3.36. The number of piperazine rings is 1. The standard InChI is InChI=1S/C40H55ClFN5O5Si2/c1-39(2,3)53(7,8)50-20-19-28(24-51-54(9,10)40(4,5)6)52-37-44-35-30(36(45-37)46-22-26-17-18-27(23-46)47(26)38(48)49)21-43-34(33(35)42)29-15-11-13-25-14-12-16-31(41)32(25)29/h11-16,21,26-28H,17-20,22-24H2,1-10H3,(H,48,49)/t26-,27+,28?. The Labute approximate surface area is 325 Å². The normalized spacial score (nSPS) is 18.8. The Kier molecular flexibility index (Phi) is 11.2. The van der Waals surface area contributed by atoms with Crippen molar-refractivity contribution < 1.29 is 27.9 Å². The number of amides is 1. The molecule has 2 aromatic carbocycles. The molecule has 0 saturated carbocycles. The summed E-state index contributed by atoms with van der Waals surface area (Å²) >= 11 is 6.68. The van der Waals surface area contributed by atoms with Gasteiger partial charge in [0.2, 0.25) is 0 Å². The van der Waals surface area contributed by atoms with Gasteiger partial charge in [0.1, 0.15) is 23.1 Å². The number of fused-ring (bicyclic) bond motifs is 4. The monoisotopic (exact) mass is 795 g/mol. The van der Waals surface area contributed by atoms with Crippen molar-refractivity contribution in [1.29, 1.82) is 0 Å². The van der Waals surface area contributed by atoms with Crippen LogP contribution in [-0.4, -0.2) is 92.2 Å². The molecule has 0 aliphatic carbocycles. The van der Waals surface area contributed by atoms with E-state index in [1.165, 1.54) is 0 Å². The Morgan fingerprint density at radius 2 is 1.57 bits per heavy atom. The number of anilines is 1. The fourth-order valence-corrected chi connectivity index (χ4v) is 9.27. The third kappa shape index (κ3) is 7.97. The largest absolute Gasteiger partial charge is 0.465 e. The van der Waals surface area contributed by atoms with Crippen LogP contribution < -0.4 is 9.64 Å². The molecule has 1 amide bonds. The highest BCUT2D eigenvalue weighted by atomic mass is 35.5. The van der Waals surface area contributed by atoms with Gasteiger partial charge in [-0.1, -0.05) is 83.5 Å². The Bertz CT molecular complexity index is 2020. The Hall–Kier alpha value is -3.37. The molecule has 1 N–H and O–H groups in total. The summed E-state index contributed by atoms with van der Waals surface area (Å²) in [5.74, 6) is -0.150. The average molecular weight is 797 g/mol. The highest BCUT2D eigenvalue weighted by molar-refractivity contribution is 6.74. The van der Waals surface area contributed by atoms with E-state index in [9.17, 15) is 9.90 Å². The number of benzene rings is 2. The summed E-state index contributed by atoms with van der Waals surface area (Å²) in [6.07, 6.45) is 2.24. The minimum absolute atomic E-state index is 0.0176. The minimum atomic E-state index is -2.17. The Morgan fingerprint density at radius 3 is 2.19 bits per heavy atom. The fourth-order valence-electron chi connectivity index (χ4n) is 6.89. The van der Waals surface area contributed by atoms with Crippen molar-refractivity contribution >= 4 is 61.8 Å². The van der Waals surface area contributed by atoms with E-state index < -0.39 is 34.6 Å². The van der Waals surface area contributed by atoms with Gasteiger partial charge in [-0.15, -0.1) is 0 Å². The second-order valence-electron chi connectivity index (χ2n) is 17.8. The molecule has 2 aliphatic rings. The number of halogens is 2. The molecular weight excluding hydrogens is 741 g/mol. The summed E-state index contributed by atoms with van der Waals surface area (Å²) in [7, 11) is -4.22. The Balaban J connectivity index is 1.43. The zero-order valence-corrected chi connectivity index (χ0v) is 36.1. The lowest BCUT2D eigenvalue weighted by Gasteiger charge is -2.40. The number of hydrogen-bond acceptors (Lipinski definition) is 8. The van der Waals surface area contributed by atoms with Gasteiger partial charge in [0.25, 0.3) is 0 Å². The highest BCUT2D eigenvalue weighted by Gasteiger charge is 2.44. The number of carboxylic acid groups (broad SMARTS) is 1. The number of pyridine rings is 1. The van der Waals surface area contributed by atoms with Crippen molar-refractivity contribution in [3.8, 4) is 17.3 Å². The van der Waals surface area contributed by atoms with E-state index in [2.05, 4.69) is 72.7 Å². The zero-order chi connectivity index (χ0) is 39.4. The SMILES string of the molecule is CC(C)(C)[Si](C)(C)OCCC(CO[Si](C)(C)C(C)(C)C)Oc1nc(N2C[C@H]3CC[C@@H](C2)N3C(=O)O)c2cnc(-c3cccc4cccc(Cl)c34)c(F)c2n1. The second-order valence-corrected chi connectivity index (χ2v) is 27.9.